The van der Waals surface area contributed by atoms with Crippen LogP contribution in [0.5, 0.6) is 0 Å². The first kappa shape index (κ1) is 17.2. The van der Waals surface area contributed by atoms with Crippen LogP contribution in [-0.4, -0.2) is 9.67 Å². The molecule has 3 heteroatoms. The van der Waals surface area contributed by atoms with E-state index in [0.29, 0.717) is 0 Å². The lowest BCUT2D eigenvalue weighted by atomic mass is 10.1. The molecule has 1 aromatic rings. The maximum absolute atomic E-state index is 9.43. The second-order valence-corrected chi connectivity index (χ2v) is 5.91. The zero-order chi connectivity index (χ0) is 14.6. The van der Waals surface area contributed by atoms with Crippen molar-refractivity contribution in [3.8, 4) is 0 Å². The number of aryl methyl sites for hydroxylation is 1. The van der Waals surface area contributed by atoms with Gasteiger partial charge in [-0.1, -0.05) is 58.3 Å². The van der Waals surface area contributed by atoms with Gasteiger partial charge in [-0.25, -0.2) is 9.13 Å². The first-order valence-electron chi connectivity index (χ1n) is 8.48. The van der Waals surface area contributed by atoms with Crippen molar-refractivity contribution in [1.82, 2.24) is 4.57 Å². The third-order valence-electron chi connectivity index (χ3n) is 3.91. The number of imidazole rings is 1. The topological polar surface area (TPSA) is 29.0 Å². The van der Waals surface area contributed by atoms with Crippen molar-refractivity contribution in [1.29, 1.82) is 0 Å². The van der Waals surface area contributed by atoms with Crippen molar-refractivity contribution in [2.75, 3.05) is 0 Å². The summed E-state index contributed by atoms with van der Waals surface area (Å²) in [5.74, 6) is 0. The second-order valence-electron chi connectivity index (χ2n) is 5.91. The summed E-state index contributed by atoms with van der Waals surface area (Å²) in [7, 11) is 0. The van der Waals surface area contributed by atoms with E-state index in [2.05, 4.69) is 11.5 Å². The molecule has 1 atom stereocenters. The van der Waals surface area contributed by atoms with Crippen LogP contribution in [0.15, 0.2) is 18.7 Å². The van der Waals surface area contributed by atoms with E-state index in [1.807, 2.05) is 23.3 Å². The van der Waals surface area contributed by atoms with E-state index in [1.165, 1.54) is 64.2 Å². The first-order valence-corrected chi connectivity index (χ1v) is 8.48. The SMILES string of the molecule is CCCCCCCCCCCC[n+]1ccn(C(C)O)c1. The molecule has 0 aliphatic heterocycles. The van der Waals surface area contributed by atoms with Gasteiger partial charge in [0.25, 0.3) is 0 Å². The van der Waals surface area contributed by atoms with Crippen LogP contribution >= 0.6 is 0 Å². The van der Waals surface area contributed by atoms with Crippen LogP contribution in [-0.2, 0) is 6.54 Å². The Hall–Kier alpha value is -0.830. The highest BCUT2D eigenvalue weighted by atomic mass is 16.3. The molecule has 0 bridgehead atoms. The van der Waals surface area contributed by atoms with E-state index in [9.17, 15) is 5.11 Å². The molecule has 116 valence electrons. The third kappa shape index (κ3) is 7.68. The molecule has 20 heavy (non-hydrogen) atoms. The number of aliphatic hydroxyl groups excluding tert-OH is 1. The Balaban J connectivity index is 1.91. The van der Waals surface area contributed by atoms with Gasteiger partial charge in [-0.05, 0) is 12.8 Å². The number of rotatable bonds is 12. The summed E-state index contributed by atoms with van der Waals surface area (Å²) < 4.78 is 3.99. The average Bonchev–Trinajstić information content (AvgIpc) is 2.90. The smallest absolute Gasteiger partial charge is 0.245 e. The first-order chi connectivity index (χ1) is 9.74. The number of hydrogen-bond donors (Lipinski definition) is 1. The second kappa shape index (κ2) is 10.9. The monoisotopic (exact) mass is 281 g/mol. The molecule has 1 unspecified atom stereocenters. The van der Waals surface area contributed by atoms with Gasteiger partial charge in [0.05, 0.1) is 6.54 Å². The minimum absolute atomic E-state index is 0.427. The summed E-state index contributed by atoms with van der Waals surface area (Å²) in [6, 6.07) is 0. The summed E-state index contributed by atoms with van der Waals surface area (Å²) in [6.45, 7) is 5.12. The maximum Gasteiger partial charge on any atom is 0.245 e. The number of aliphatic hydroxyl groups is 1. The van der Waals surface area contributed by atoms with E-state index >= 15 is 0 Å². The lowest BCUT2D eigenvalue weighted by Gasteiger charge is -2.01. The highest BCUT2D eigenvalue weighted by molar-refractivity contribution is 4.67. The lowest BCUT2D eigenvalue weighted by molar-refractivity contribution is -0.697. The van der Waals surface area contributed by atoms with Gasteiger partial charge in [0.2, 0.25) is 6.33 Å². The molecule has 0 saturated carbocycles. The van der Waals surface area contributed by atoms with Gasteiger partial charge in [-0.15, -0.1) is 0 Å². The minimum Gasteiger partial charge on any atom is -0.355 e. The molecule has 0 radical (unpaired) electrons. The largest absolute Gasteiger partial charge is 0.355 e. The predicted molar refractivity (Wildman–Crippen MR) is 83.4 cm³/mol. The molecule has 0 spiro atoms. The summed E-state index contributed by atoms with van der Waals surface area (Å²) in [5.41, 5.74) is 0. The molecule has 1 N–H and O–H groups in total. The molecular formula is C17H33N2O+. The summed E-state index contributed by atoms with van der Waals surface area (Å²) >= 11 is 0. The quantitative estimate of drug-likeness (QED) is 0.451. The molecule has 3 nitrogen and oxygen atoms in total. The molecule has 0 fully saturated rings. The molecule has 0 amide bonds. The fraction of sp³-hybridized carbons (Fsp3) is 0.824. The van der Waals surface area contributed by atoms with Crippen LogP contribution in [0, 0.1) is 0 Å². The van der Waals surface area contributed by atoms with Crippen LogP contribution in [0.1, 0.15) is 84.3 Å². The van der Waals surface area contributed by atoms with E-state index in [4.69, 9.17) is 0 Å². The van der Waals surface area contributed by atoms with E-state index in [1.54, 1.807) is 6.92 Å². The number of hydrogen-bond acceptors (Lipinski definition) is 1. The van der Waals surface area contributed by atoms with Gasteiger partial charge in [0.15, 0.2) is 6.23 Å². The van der Waals surface area contributed by atoms with Gasteiger partial charge in [-0.2, -0.15) is 0 Å². The summed E-state index contributed by atoms with van der Waals surface area (Å²) in [4.78, 5) is 0. The van der Waals surface area contributed by atoms with Gasteiger partial charge < -0.3 is 5.11 Å². The number of nitrogens with zero attached hydrogens (tertiary/aromatic N) is 2. The van der Waals surface area contributed by atoms with Crippen molar-refractivity contribution in [3.63, 3.8) is 0 Å². The summed E-state index contributed by atoms with van der Waals surface area (Å²) in [6.07, 6.45) is 19.3. The normalized spacial score (nSPS) is 12.8. The lowest BCUT2D eigenvalue weighted by Crippen LogP contribution is -2.31. The van der Waals surface area contributed by atoms with Crippen molar-refractivity contribution in [2.45, 2.75) is 90.8 Å². The van der Waals surface area contributed by atoms with E-state index < -0.39 is 6.23 Å². The standard InChI is InChI=1S/C17H33N2O/c1-3-4-5-6-7-8-9-10-11-12-13-18-14-15-19(16-18)17(2)20/h14-17,20H,3-13H2,1-2H3/q+1. The minimum atomic E-state index is -0.427. The number of unbranched alkanes of at least 4 members (excludes halogenated alkanes) is 9. The zero-order valence-corrected chi connectivity index (χ0v) is 13.4. The maximum atomic E-state index is 9.43. The highest BCUT2D eigenvalue weighted by Crippen LogP contribution is 2.10. The van der Waals surface area contributed by atoms with Crippen LogP contribution in [0.3, 0.4) is 0 Å². The molecule has 1 heterocycles. The Morgan fingerprint density at radius 1 is 0.950 bits per heavy atom. The van der Waals surface area contributed by atoms with Gasteiger partial charge in [-0.3, -0.25) is 0 Å². The van der Waals surface area contributed by atoms with Crippen molar-refractivity contribution in [2.24, 2.45) is 0 Å². The molecule has 0 aromatic carbocycles. The van der Waals surface area contributed by atoms with Crippen LogP contribution in [0.2, 0.25) is 0 Å². The molecule has 0 aliphatic carbocycles. The zero-order valence-electron chi connectivity index (χ0n) is 13.4. The molecule has 0 aliphatic rings. The van der Waals surface area contributed by atoms with E-state index in [0.717, 1.165) is 6.54 Å². The Labute approximate surface area is 124 Å². The Morgan fingerprint density at radius 2 is 1.50 bits per heavy atom. The predicted octanol–water partition coefficient (Wildman–Crippen LogP) is 4.21. The Kier molecular flexibility index (Phi) is 9.38. The van der Waals surface area contributed by atoms with Gasteiger partial charge >= 0.3 is 0 Å². The van der Waals surface area contributed by atoms with Gasteiger partial charge in [0, 0.05) is 6.92 Å². The average molecular weight is 281 g/mol. The Morgan fingerprint density at radius 3 is 2.00 bits per heavy atom. The highest BCUT2D eigenvalue weighted by Gasteiger charge is 2.07. The molecule has 1 aromatic heterocycles. The molecule has 1 rings (SSSR count). The van der Waals surface area contributed by atoms with Crippen molar-refractivity contribution < 1.29 is 9.67 Å². The van der Waals surface area contributed by atoms with Crippen molar-refractivity contribution in [3.05, 3.63) is 18.7 Å². The van der Waals surface area contributed by atoms with Crippen LogP contribution < -0.4 is 4.57 Å². The third-order valence-corrected chi connectivity index (χ3v) is 3.91. The fourth-order valence-electron chi connectivity index (χ4n) is 2.55. The van der Waals surface area contributed by atoms with Crippen LogP contribution in [0.4, 0.5) is 0 Å². The summed E-state index contributed by atoms with van der Waals surface area (Å²) in [5, 5.41) is 9.43. The van der Waals surface area contributed by atoms with Crippen LogP contribution in [0.25, 0.3) is 0 Å². The molecular weight excluding hydrogens is 248 g/mol. The fourth-order valence-corrected chi connectivity index (χ4v) is 2.55. The molecule has 0 saturated heterocycles. The van der Waals surface area contributed by atoms with Crippen molar-refractivity contribution >= 4 is 0 Å². The Bertz CT molecular complexity index is 333. The van der Waals surface area contributed by atoms with Gasteiger partial charge in [0.1, 0.15) is 12.4 Å². The number of aromatic nitrogens is 2. The van der Waals surface area contributed by atoms with E-state index in [-0.39, 0.29) is 0 Å².